The summed E-state index contributed by atoms with van der Waals surface area (Å²) in [6, 6.07) is 3.81. The highest BCUT2D eigenvalue weighted by atomic mass is 16.3. The van der Waals surface area contributed by atoms with Crippen molar-refractivity contribution in [3.8, 4) is 0 Å². The summed E-state index contributed by atoms with van der Waals surface area (Å²) in [5.74, 6) is 1.35. The first-order valence-corrected chi connectivity index (χ1v) is 4.40. The molecule has 0 bridgehead atoms. The zero-order valence-electron chi connectivity index (χ0n) is 7.68. The predicted octanol–water partition coefficient (Wildman–Crippen LogP) is 3.16. The number of azide groups is 1. The van der Waals surface area contributed by atoms with Crippen molar-refractivity contribution in [1.82, 2.24) is 0 Å². The van der Waals surface area contributed by atoms with Crippen LogP contribution >= 0.6 is 0 Å². The minimum absolute atomic E-state index is 0.391. The fourth-order valence-electron chi connectivity index (χ4n) is 1.20. The molecule has 1 rings (SSSR count). The van der Waals surface area contributed by atoms with Gasteiger partial charge in [-0.3, -0.25) is 0 Å². The maximum absolute atomic E-state index is 8.17. The Balaban J connectivity index is 2.44. The van der Waals surface area contributed by atoms with Gasteiger partial charge in [-0.2, -0.15) is 0 Å². The molecule has 0 spiro atoms. The normalized spacial score (nSPS) is 12.1. The second kappa shape index (κ2) is 5.27. The van der Waals surface area contributed by atoms with E-state index in [1.54, 1.807) is 6.26 Å². The smallest absolute Gasteiger partial charge is 0.104 e. The zero-order chi connectivity index (χ0) is 9.52. The minimum atomic E-state index is 0.391. The van der Waals surface area contributed by atoms with Gasteiger partial charge in [-0.05, 0) is 23.6 Å². The molecule has 1 atom stereocenters. The average Bonchev–Trinajstić information content (AvgIpc) is 2.64. The van der Waals surface area contributed by atoms with Crippen LogP contribution in [-0.2, 0) is 6.42 Å². The van der Waals surface area contributed by atoms with E-state index in [9.17, 15) is 0 Å². The molecule has 1 aromatic heterocycles. The largest absolute Gasteiger partial charge is 0.469 e. The highest BCUT2D eigenvalue weighted by Crippen LogP contribution is 2.12. The molecule has 0 radical (unpaired) electrons. The first-order valence-electron chi connectivity index (χ1n) is 4.40. The average molecular weight is 179 g/mol. The minimum Gasteiger partial charge on any atom is -0.469 e. The van der Waals surface area contributed by atoms with Gasteiger partial charge in [0.2, 0.25) is 0 Å². The van der Waals surface area contributed by atoms with E-state index in [1.807, 2.05) is 12.1 Å². The molecule has 0 aliphatic rings. The van der Waals surface area contributed by atoms with E-state index in [1.165, 1.54) is 0 Å². The molecule has 70 valence electrons. The Morgan fingerprint density at radius 3 is 3.08 bits per heavy atom. The first-order chi connectivity index (χ1) is 6.36. The van der Waals surface area contributed by atoms with Crippen LogP contribution in [0.3, 0.4) is 0 Å². The van der Waals surface area contributed by atoms with Crippen LogP contribution in [0.2, 0.25) is 0 Å². The van der Waals surface area contributed by atoms with E-state index in [4.69, 9.17) is 9.95 Å². The van der Waals surface area contributed by atoms with E-state index in [0.717, 1.165) is 18.6 Å². The van der Waals surface area contributed by atoms with Crippen molar-refractivity contribution >= 4 is 0 Å². The van der Waals surface area contributed by atoms with Gasteiger partial charge >= 0.3 is 0 Å². The number of hydrogen-bond donors (Lipinski definition) is 0. The Morgan fingerprint density at radius 1 is 1.69 bits per heavy atom. The first kappa shape index (κ1) is 9.68. The number of furan rings is 1. The molecular weight excluding hydrogens is 166 g/mol. The third-order valence-corrected chi connectivity index (χ3v) is 2.05. The van der Waals surface area contributed by atoms with Crippen LogP contribution in [0.1, 0.15) is 19.1 Å². The third-order valence-electron chi connectivity index (χ3n) is 2.05. The molecule has 0 amide bonds. The maximum Gasteiger partial charge on any atom is 0.104 e. The fraction of sp³-hybridized carbons (Fsp3) is 0.556. The van der Waals surface area contributed by atoms with Crippen LogP contribution in [0.4, 0.5) is 0 Å². The molecule has 13 heavy (non-hydrogen) atoms. The zero-order valence-corrected chi connectivity index (χ0v) is 7.68. The molecule has 1 aromatic rings. The predicted molar refractivity (Wildman–Crippen MR) is 50.2 cm³/mol. The second-order valence-electron chi connectivity index (χ2n) is 2.97. The molecule has 1 heterocycles. The molecule has 4 nitrogen and oxygen atoms in total. The molecule has 0 aliphatic heterocycles. The summed E-state index contributed by atoms with van der Waals surface area (Å²) in [4.78, 5) is 2.75. The monoisotopic (exact) mass is 179 g/mol. The third kappa shape index (κ3) is 3.22. The lowest BCUT2D eigenvalue weighted by Gasteiger charge is -2.08. The van der Waals surface area contributed by atoms with Gasteiger partial charge in [-0.15, -0.1) is 0 Å². The van der Waals surface area contributed by atoms with Crippen molar-refractivity contribution in [2.45, 2.75) is 19.8 Å². The van der Waals surface area contributed by atoms with Gasteiger partial charge in [0, 0.05) is 17.9 Å². The lowest BCUT2D eigenvalue weighted by atomic mass is 10.0. The van der Waals surface area contributed by atoms with Gasteiger partial charge in [-0.25, -0.2) is 0 Å². The van der Waals surface area contributed by atoms with Gasteiger partial charge in [-0.1, -0.05) is 18.5 Å². The molecule has 0 unspecified atom stereocenters. The molecule has 0 saturated heterocycles. The van der Waals surface area contributed by atoms with Crippen molar-refractivity contribution in [2.75, 3.05) is 6.54 Å². The van der Waals surface area contributed by atoms with Crippen molar-refractivity contribution in [3.63, 3.8) is 0 Å². The Bertz CT molecular complexity index is 275. The van der Waals surface area contributed by atoms with Crippen LogP contribution < -0.4 is 0 Å². The number of hydrogen-bond acceptors (Lipinski definition) is 2. The molecular formula is C9H13N3O. The lowest BCUT2D eigenvalue weighted by molar-refractivity contribution is 0.434. The lowest BCUT2D eigenvalue weighted by Crippen LogP contribution is -2.05. The maximum atomic E-state index is 8.17. The van der Waals surface area contributed by atoms with E-state index >= 15 is 0 Å². The Kier molecular flexibility index (Phi) is 3.93. The van der Waals surface area contributed by atoms with Gasteiger partial charge in [0.05, 0.1) is 6.26 Å². The van der Waals surface area contributed by atoms with Gasteiger partial charge < -0.3 is 4.42 Å². The topological polar surface area (TPSA) is 61.9 Å². The number of nitrogens with zero attached hydrogens (tertiary/aromatic N) is 3. The van der Waals surface area contributed by atoms with Crippen LogP contribution in [0.25, 0.3) is 10.4 Å². The van der Waals surface area contributed by atoms with Crippen LogP contribution in [0.5, 0.6) is 0 Å². The Labute approximate surface area is 77.2 Å². The van der Waals surface area contributed by atoms with Crippen molar-refractivity contribution in [3.05, 3.63) is 34.6 Å². The van der Waals surface area contributed by atoms with Crippen molar-refractivity contribution in [2.24, 2.45) is 11.0 Å². The molecule has 0 aromatic carbocycles. The molecule has 0 aliphatic carbocycles. The fourth-order valence-corrected chi connectivity index (χ4v) is 1.20. The highest BCUT2D eigenvalue weighted by molar-refractivity contribution is 4.99. The van der Waals surface area contributed by atoms with E-state index in [0.29, 0.717) is 12.5 Å². The van der Waals surface area contributed by atoms with Crippen molar-refractivity contribution < 1.29 is 4.42 Å². The summed E-state index contributed by atoms with van der Waals surface area (Å²) in [7, 11) is 0. The van der Waals surface area contributed by atoms with Gasteiger partial charge in [0.1, 0.15) is 5.76 Å². The number of rotatable bonds is 5. The van der Waals surface area contributed by atoms with E-state index in [2.05, 4.69) is 16.9 Å². The molecule has 0 fully saturated rings. The molecule has 0 N–H and O–H groups in total. The van der Waals surface area contributed by atoms with Crippen LogP contribution in [-0.4, -0.2) is 6.54 Å². The van der Waals surface area contributed by atoms with Crippen LogP contribution in [0, 0.1) is 5.92 Å². The highest BCUT2D eigenvalue weighted by Gasteiger charge is 2.07. The van der Waals surface area contributed by atoms with E-state index in [-0.39, 0.29) is 0 Å². The molecule has 0 saturated carbocycles. The Morgan fingerprint density at radius 2 is 2.54 bits per heavy atom. The quantitative estimate of drug-likeness (QED) is 0.389. The summed E-state index contributed by atoms with van der Waals surface area (Å²) < 4.78 is 5.21. The standard InChI is InChI=1S/C9H13N3O/c1-2-8(7-11-12-10)6-9-4-3-5-13-9/h3-5,8H,2,6-7H2,1H3/t8-/m1/s1. The summed E-state index contributed by atoms with van der Waals surface area (Å²) in [6.45, 7) is 2.63. The SMILES string of the molecule is CC[C@@H](CN=[N+]=[N-])Cc1ccco1. The van der Waals surface area contributed by atoms with Gasteiger partial charge in [0.25, 0.3) is 0 Å². The van der Waals surface area contributed by atoms with E-state index < -0.39 is 0 Å². The second-order valence-corrected chi connectivity index (χ2v) is 2.97. The summed E-state index contributed by atoms with van der Waals surface area (Å²) in [5.41, 5.74) is 8.17. The van der Waals surface area contributed by atoms with Crippen molar-refractivity contribution in [1.29, 1.82) is 0 Å². The summed E-state index contributed by atoms with van der Waals surface area (Å²) in [5, 5.41) is 3.56. The summed E-state index contributed by atoms with van der Waals surface area (Å²) >= 11 is 0. The Hall–Kier alpha value is -1.41. The van der Waals surface area contributed by atoms with Gasteiger partial charge in [0.15, 0.2) is 0 Å². The van der Waals surface area contributed by atoms with Crippen LogP contribution in [0.15, 0.2) is 27.9 Å². The summed E-state index contributed by atoms with van der Waals surface area (Å²) in [6.07, 6.45) is 3.51. The molecule has 4 heteroatoms.